The Labute approximate surface area is 841 Å². The smallest absolute Gasteiger partial charge is 0.410 e. The lowest BCUT2D eigenvalue weighted by molar-refractivity contribution is 0.0368. The van der Waals surface area contributed by atoms with Crippen molar-refractivity contribution in [2.45, 2.75) is 155 Å². The van der Waals surface area contributed by atoms with E-state index in [1.165, 1.54) is 22.3 Å². The Morgan fingerprint density at radius 2 is 0.657 bits per heavy atom. The number of rotatable bonds is 39. The molecule has 5 aliphatic heterocycles. The first-order chi connectivity index (χ1) is 68.3. The van der Waals surface area contributed by atoms with Crippen molar-refractivity contribution in [3.05, 3.63) is 257 Å². The minimum atomic E-state index is -0.315. The van der Waals surface area contributed by atoms with Crippen LogP contribution in [0.3, 0.4) is 0 Å². The predicted molar refractivity (Wildman–Crippen MR) is 555 cm³/mol. The van der Waals surface area contributed by atoms with Crippen molar-refractivity contribution >= 4 is 114 Å². The van der Waals surface area contributed by atoms with Crippen molar-refractivity contribution in [3.63, 3.8) is 0 Å². The van der Waals surface area contributed by atoms with E-state index in [2.05, 4.69) is 54.6 Å². The topological polar surface area (TPSA) is 296 Å². The maximum absolute atomic E-state index is 12.9. The number of H-pyrrole nitrogens is 4. The number of carbonyl (C=O) groups excluding carboxylic acids is 4. The number of hydrogen-bond acceptors (Lipinski definition) is 19. The molecule has 0 saturated carbocycles. The molecular formula is C109H136Cl4N12O15. The lowest BCUT2D eigenvalue weighted by atomic mass is 9.92. The number of fused-ring (bicyclic) bond motifs is 12. The number of aromatic amines is 4. The van der Waals surface area contributed by atoms with E-state index in [4.69, 9.17) is 98.9 Å². The van der Waals surface area contributed by atoms with Crippen LogP contribution in [-0.2, 0) is 54.1 Å². The van der Waals surface area contributed by atoms with Gasteiger partial charge in [0, 0.05) is 152 Å². The van der Waals surface area contributed by atoms with Crippen LogP contribution in [0.15, 0.2) is 170 Å². The number of morpholine rings is 1. The van der Waals surface area contributed by atoms with Gasteiger partial charge in [-0.05, 0) is 310 Å². The highest BCUT2D eigenvalue weighted by Gasteiger charge is 2.41. The van der Waals surface area contributed by atoms with Crippen molar-refractivity contribution < 1.29 is 71.7 Å². The molecule has 12 aromatic rings. The van der Waals surface area contributed by atoms with Gasteiger partial charge < -0.3 is 88.4 Å². The molecule has 8 aromatic carbocycles. The van der Waals surface area contributed by atoms with Crippen LogP contribution in [0, 0.1) is 0 Å². The van der Waals surface area contributed by atoms with Gasteiger partial charge in [0.1, 0.15) is 47.2 Å². The quantitative estimate of drug-likeness (QED) is 0.0131. The van der Waals surface area contributed by atoms with Crippen LogP contribution < -0.4 is 34.9 Å². The molecule has 0 spiro atoms. The zero-order valence-electron chi connectivity index (χ0n) is 81.6. The number of benzene rings is 8. The van der Waals surface area contributed by atoms with E-state index in [0.29, 0.717) is 112 Å². The summed E-state index contributed by atoms with van der Waals surface area (Å²) in [6.07, 6.45) is 11.0. The number of ether oxygens (including phenoxy) is 10. The summed E-state index contributed by atoms with van der Waals surface area (Å²) in [6.45, 7) is 28.2. The Kier molecular flexibility index (Phi) is 39.9. The van der Waals surface area contributed by atoms with Crippen molar-refractivity contribution in [2.24, 2.45) is 0 Å². The fraction of sp³-hybridized carbons (Fsp3) is 0.450. The number of carbonyl (C=O) groups is 4. The summed E-state index contributed by atoms with van der Waals surface area (Å²) in [5, 5.41) is 26.0. The highest BCUT2D eigenvalue weighted by molar-refractivity contribution is 6.32. The van der Waals surface area contributed by atoms with Gasteiger partial charge in [-0.2, -0.15) is 0 Å². The normalized spacial score (nSPS) is 16.1. The van der Waals surface area contributed by atoms with Gasteiger partial charge in [0.05, 0.1) is 72.7 Å². The molecule has 8 N–H and O–H groups in total. The number of amides is 4. The van der Waals surface area contributed by atoms with Gasteiger partial charge in [0.25, 0.3) is 0 Å². The molecule has 27 nitrogen and oxygen atoms in total. The summed E-state index contributed by atoms with van der Waals surface area (Å²) in [7, 11) is 1.73. The van der Waals surface area contributed by atoms with E-state index in [9.17, 15) is 19.2 Å². The average molecular weight is 2000 g/mol. The summed E-state index contributed by atoms with van der Waals surface area (Å²) < 4.78 is 55.8. The summed E-state index contributed by atoms with van der Waals surface area (Å²) in [5.74, 6) is 3.30. The molecule has 750 valence electrons. The number of aliphatic hydroxyl groups is 1. The minimum absolute atomic E-state index is 0.158. The standard InChI is InChI=1S/C28H34ClN3O4.C28H36ClN3O4.C27H34ClN3O3.C26H32ClN3O4/c1-2-35-28(33)32-13-11-23-24-19-21(29)7-10-25(24)30-26(23)27(32)20-5-8-22(9-6-20)36-16-4-3-12-31-14-17-34-18-15-31;1-3-35-28(33)32-16-13-23-24-19-21(29)9-12-25(24)31-26(23)27(32)20-7-10-22(11-8-20)36-18-5-4-14-30-15-6-17-34-2;1-4-33-27(32)31-15-13-22-23-17-20(28)9-12-24(23)30-25(22)26(31)19-7-10-21(11-8-19)34-16-6-5-14-29-18(2)3;1-2-33-26(32)30-14-11-21-22-17-19(27)7-10-23(22)29-24(21)25(30)18-5-8-20(9-6-18)34-16-4-3-12-28-13-15-31/h5-10,19,27,30H,2-4,11-18H2,1H3;7-12,19,27,30-31H,3-6,13-18H2,1-2H3;7-12,17-18,26,29-30H,4-6,13-16H2,1-3H3;5-10,17,25,28-29,31H,2-4,11-16H2,1H3. The fourth-order valence-corrected chi connectivity index (χ4v) is 19.7. The van der Waals surface area contributed by atoms with Crippen molar-refractivity contribution in [1.29, 1.82) is 0 Å². The maximum atomic E-state index is 12.9. The van der Waals surface area contributed by atoms with E-state index in [1.807, 2.05) is 202 Å². The van der Waals surface area contributed by atoms with E-state index in [0.717, 1.165) is 261 Å². The second kappa shape index (κ2) is 53.3. The minimum Gasteiger partial charge on any atom is -0.494 e. The van der Waals surface area contributed by atoms with Crippen molar-refractivity contribution in [3.8, 4) is 23.0 Å². The summed E-state index contributed by atoms with van der Waals surface area (Å²) in [5.41, 5.74) is 17.0. The molecule has 4 unspecified atom stereocenters. The Bertz CT molecular complexity index is 5950. The molecule has 4 aromatic heterocycles. The number of unbranched alkanes of at least 4 members (excludes halogenated alkanes) is 4. The summed E-state index contributed by atoms with van der Waals surface area (Å²) in [6, 6.07) is 55.0. The highest BCUT2D eigenvalue weighted by Crippen LogP contribution is 2.46. The molecule has 1 saturated heterocycles. The average Bonchev–Trinajstić information content (AvgIpc) is 1.66. The number of nitrogens with one attached hydrogen (secondary N) is 7. The second-order valence-electron chi connectivity index (χ2n) is 35.6. The van der Waals surface area contributed by atoms with E-state index < -0.39 is 0 Å². The molecular weight excluding hydrogens is 1860 g/mol. The Balaban J connectivity index is 0.000000149. The first kappa shape index (κ1) is 105. The third-order valence-corrected chi connectivity index (χ3v) is 26.7. The monoisotopic (exact) mass is 1990 g/mol. The molecule has 5 aliphatic rings. The predicted octanol–water partition coefficient (Wildman–Crippen LogP) is 21.9. The van der Waals surface area contributed by atoms with Crippen molar-refractivity contribution in [2.75, 3.05) is 165 Å². The molecule has 4 atom stereocenters. The second-order valence-corrected chi connectivity index (χ2v) is 37.4. The number of halogens is 4. The van der Waals surface area contributed by atoms with Gasteiger partial charge in [-0.3, -0.25) is 24.5 Å². The molecule has 0 radical (unpaired) electrons. The van der Waals surface area contributed by atoms with Crippen LogP contribution in [0.5, 0.6) is 23.0 Å². The van der Waals surface area contributed by atoms with Crippen molar-refractivity contribution in [1.82, 2.24) is 60.4 Å². The largest absolute Gasteiger partial charge is 0.494 e. The summed E-state index contributed by atoms with van der Waals surface area (Å²) in [4.78, 5) is 75.3. The molecule has 0 aliphatic carbocycles. The number of aliphatic hydroxyl groups excluding tert-OH is 1. The van der Waals surface area contributed by atoms with Crippen LogP contribution >= 0.6 is 46.4 Å². The first-order valence-corrected chi connectivity index (χ1v) is 51.3. The molecule has 4 amide bonds. The molecule has 17 rings (SSSR count). The van der Waals surface area contributed by atoms with E-state index in [1.54, 1.807) is 21.8 Å². The number of methoxy groups -OCH3 is 1. The van der Waals surface area contributed by atoms with Gasteiger partial charge in [0.15, 0.2) is 0 Å². The van der Waals surface area contributed by atoms with Crippen LogP contribution in [0.1, 0.15) is 191 Å². The third-order valence-electron chi connectivity index (χ3n) is 25.8. The van der Waals surface area contributed by atoms with Gasteiger partial charge in [0.2, 0.25) is 0 Å². The molecule has 9 heterocycles. The SMILES string of the molecule is CCOC(=O)N1CCc2c([nH]c3ccc(Cl)cc23)C1c1ccc(OCCCCN2CCOCC2)cc1.CCOC(=O)N1CCc2c([nH]c3ccc(Cl)cc23)C1c1ccc(OCCCCNC(C)C)cc1.CCOC(=O)N1CCc2c([nH]c3ccc(Cl)cc23)C1c1ccc(OCCCCNCCCOC)cc1.CCOC(=O)N1CCc2c([nH]c3ccc(Cl)cc23)C1c1ccc(OCCCCNCCO)cc1. The zero-order valence-corrected chi connectivity index (χ0v) is 84.6. The fourth-order valence-electron chi connectivity index (χ4n) is 19.0. The number of hydrogen-bond donors (Lipinski definition) is 8. The molecule has 0 bridgehead atoms. The van der Waals surface area contributed by atoms with E-state index >= 15 is 0 Å². The van der Waals surface area contributed by atoms with E-state index in [-0.39, 0.29) is 55.1 Å². The molecule has 1 fully saturated rings. The van der Waals surface area contributed by atoms with Crippen LogP contribution in [0.25, 0.3) is 43.6 Å². The molecule has 140 heavy (non-hydrogen) atoms. The summed E-state index contributed by atoms with van der Waals surface area (Å²) >= 11 is 25.1. The maximum Gasteiger partial charge on any atom is 0.410 e. The Hall–Kier alpha value is -10.9. The highest BCUT2D eigenvalue weighted by atomic mass is 35.5. The Morgan fingerprint density at radius 3 is 0.943 bits per heavy atom. The lowest BCUT2D eigenvalue weighted by Gasteiger charge is -2.35. The number of aromatic nitrogens is 4. The lowest BCUT2D eigenvalue weighted by Crippen LogP contribution is -2.40. The van der Waals surface area contributed by atoms with Crippen LogP contribution in [0.4, 0.5) is 19.2 Å². The van der Waals surface area contributed by atoms with Gasteiger partial charge in [-0.15, -0.1) is 0 Å². The van der Waals surface area contributed by atoms with Gasteiger partial charge in [-0.25, -0.2) is 19.2 Å². The number of nitrogens with zero attached hydrogens (tertiary/aromatic N) is 5. The van der Waals surface area contributed by atoms with Gasteiger partial charge >= 0.3 is 24.4 Å². The third kappa shape index (κ3) is 27.7. The zero-order chi connectivity index (χ0) is 98.2. The molecule has 31 heteroatoms. The van der Waals surface area contributed by atoms with Crippen LogP contribution in [-0.4, -0.2) is 245 Å². The first-order valence-electron chi connectivity index (χ1n) is 49.7. The Morgan fingerprint density at radius 1 is 0.371 bits per heavy atom. The van der Waals surface area contributed by atoms with Crippen LogP contribution in [0.2, 0.25) is 20.1 Å². The van der Waals surface area contributed by atoms with Gasteiger partial charge in [-0.1, -0.05) is 109 Å².